The Morgan fingerprint density at radius 2 is 2.07 bits per heavy atom. The van der Waals surface area contributed by atoms with Gasteiger partial charge in [-0.1, -0.05) is 19.9 Å². The Hall–Kier alpha value is -1.36. The number of carboxylic acids is 1. The molecule has 2 atom stereocenters. The number of hydrogen-bond donors (Lipinski definition) is 3. The summed E-state index contributed by atoms with van der Waals surface area (Å²) >= 11 is 0. The van der Waals surface area contributed by atoms with Gasteiger partial charge in [0.1, 0.15) is 6.04 Å². The Balaban J connectivity index is 4.35. The van der Waals surface area contributed by atoms with Crippen LogP contribution in [-0.4, -0.2) is 29.1 Å². The lowest BCUT2D eigenvalue weighted by Crippen LogP contribution is -2.50. The SMILES string of the molecule is C=CCC(N)C(=O)N[C@@H](C(=O)O)C(C)C. The number of amides is 1. The molecule has 0 aromatic heterocycles. The lowest BCUT2D eigenvalue weighted by Gasteiger charge is -2.19. The van der Waals surface area contributed by atoms with E-state index in [2.05, 4.69) is 11.9 Å². The molecule has 1 amide bonds. The van der Waals surface area contributed by atoms with Crippen LogP contribution < -0.4 is 11.1 Å². The van der Waals surface area contributed by atoms with Gasteiger partial charge in [-0.05, 0) is 12.3 Å². The Morgan fingerprint density at radius 3 is 2.40 bits per heavy atom. The summed E-state index contributed by atoms with van der Waals surface area (Å²) in [5, 5.41) is 11.2. The van der Waals surface area contributed by atoms with Gasteiger partial charge < -0.3 is 16.2 Å². The zero-order chi connectivity index (χ0) is 12.0. The maximum absolute atomic E-state index is 11.4. The summed E-state index contributed by atoms with van der Waals surface area (Å²) in [5.41, 5.74) is 5.50. The predicted octanol–water partition coefficient (Wildman–Crippen LogP) is 0.115. The van der Waals surface area contributed by atoms with E-state index >= 15 is 0 Å². The molecule has 0 fully saturated rings. The number of nitrogens with two attached hydrogens (primary N) is 1. The molecular formula is C10H18N2O3. The lowest BCUT2D eigenvalue weighted by molar-refractivity contribution is -0.143. The van der Waals surface area contributed by atoms with Crippen LogP contribution >= 0.6 is 0 Å². The molecule has 0 saturated carbocycles. The van der Waals surface area contributed by atoms with Gasteiger partial charge in [0.25, 0.3) is 0 Å². The second kappa shape index (κ2) is 6.19. The number of aliphatic carboxylic acids is 1. The van der Waals surface area contributed by atoms with Crippen LogP contribution in [0.15, 0.2) is 12.7 Å². The number of hydrogen-bond acceptors (Lipinski definition) is 3. The van der Waals surface area contributed by atoms with Gasteiger partial charge in [0.15, 0.2) is 0 Å². The molecule has 4 N–H and O–H groups in total. The molecular weight excluding hydrogens is 196 g/mol. The number of carbonyl (C=O) groups excluding carboxylic acids is 1. The number of carbonyl (C=O) groups is 2. The molecule has 0 aromatic rings. The number of carboxylic acid groups (broad SMARTS) is 1. The van der Waals surface area contributed by atoms with Crippen LogP contribution in [-0.2, 0) is 9.59 Å². The van der Waals surface area contributed by atoms with Gasteiger partial charge in [0.2, 0.25) is 5.91 Å². The molecule has 0 radical (unpaired) electrons. The molecule has 15 heavy (non-hydrogen) atoms. The molecule has 0 heterocycles. The third kappa shape index (κ3) is 4.60. The van der Waals surface area contributed by atoms with Gasteiger partial charge in [-0.3, -0.25) is 4.79 Å². The van der Waals surface area contributed by atoms with Crippen molar-refractivity contribution in [1.82, 2.24) is 5.32 Å². The van der Waals surface area contributed by atoms with Crippen molar-refractivity contribution in [3.63, 3.8) is 0 Å². The highest BCUT2D eigenvalue weighted by Gasteiger charge is 2.25. The van der Waals surface area contributed by atoms with Crippen LogP contribution in [0.2, 0.25) is 0 Å². The molecule has 86 valence electrons. The summed E-state index contributed by atoms with van der Waals surface area (Å²) in [6.45, 7) is 6.90. The van der Waals surface area contributed by atoms with Crippen LogP contribution in [0.3, 0.4) is 0 Å². The van der Waals surface area contributed by atoms with E-state index in [4.69, 9.17) is 10.8 Å². The summed E-state index contributed by atoms with van der Waals surface area (Å²) in [4.78, 5) is 22.2. The maximum Gasteiger partial charge on any atom is 0.326 e. The maximum atomic E-state index is 11.4. The Morgan fingerprint density at radius 1 is 1.53 bits per heavy atom. The molecule has 5 nitrogen and oxygen atoms in total. The van der Waals surface area contributed by atoms with Crippen molar-refractivity contribution >= 4 is 11.9 Å². The lowest BCUT2D eigenvalue weighted by atomic mass is 10.0. The van der Waals surface area contributed by atoms with Gasteiger partial charge >= 0.3 is 5.97 Å². The third-order valence-corrected chi connectivity index (χ3v) is 1.99. The van der Waals surface area contributed by atoms with Crippen molar-refractivity contribution < 1.29 is 14.7 Å². The van der Waals surface area contributed by atoms with E-state index in [1.165, 1.54) is 6.08 Å². The average molecular weight is 214 g/mol. The zero-order valence-electron chi connectivity index (χ0n) is 9.06. The van der Waals surface area contributed by atoms with Crippen LogP contribution in [0.25, 0.3) is 0 Å². The molecule has 0 aliphatic heterocycles. The molecule has 1 unspecified atom stereocenters. The third-order valence-electron chi connectivity index (χ3n) is 1.99. The molecule has 0 aliphatic carbocycles. The molecule has 0 saturated heterocycles. The van der Waals surface area contributed by atoms with E-state index in [0.29, 0.717) is 6.42 Å². The van der Waals surface area contributed by atoms with E-state index in [1.807, 2.05) is 0 Å². The van der Waals surface area contributed by atoms with Gasteiger partial charge in [-0.15, -0.1) is 6.58 Å². The summed E-state index contributed by atoms with van der Waals surface area (Å²) in [6.07, 6.45) is 1.85. The van der Waals surface area contributed by atoms with Gasteiger partial charge in [-0.25, -0.2) is 4.79 Å². The largest absolute Gasteiger partial charge is 0.480 e. The smallest absolute Gasteiger partial charge is 0.326 e. The Bertz CT molecular complexity index is 251. The monoisotopic (exact) mass is 214 g/mol. The van der Waals surface area contributed by atoms with Gasteiger partial charge in [-0.2, -0.15) is 0 Å². The molecule has 5 heteroatoms. The summed E-state index contributed by atoms with van der Waals surface area (Å²) in [6, 6.07) is -1.63. The van der Waals surface area contributed by atoms with Crippen LogP contribution in [0.5, 0.6) is 0 Å². The van der Waals surface area contributed by atoms with E-state index in [0.717, 1.165) is 0 Å². The normalized spacial score (nSPS) is 14.4. The molecule has 0 spiro atoms. The van der Waals surface area contributed by atoms with E-state index in [1.54, 1.807) is 13.8 Å². The highest BCUT2D eigenvalue weighted by atomic mass is 16.4. The van der Waals surface area contributed by atoms with E-state index in [9.17, 15) is 9.59 Å². The van der Waals surface area contributed by atoms with Crippen molar-refractivity contribution in [2.75, 3.05) is 0 Å². The van der Waals surface area contributed by atoms with Crippen LogP contribution in [0.4, 0.5) is 0 Å². The summed E-state index contributed by atoms with van der Waals surface area (Å²) < 4.78 is 0. The zero-order valence-corrected chi connectivity index (χ0v) is 9.06. The number of nitrogens with one attached hydrogen (secondary N) is 1. The van der Waals surface area contributed by atoms with Crippen LogP contribution in [0, 0.1) is 5.92 Å². The van der Waals surface area contributed by atoms with E-state index in [-0.39, 0.29) is 5.92 Å². The van der Waals surface area contributed by atoms with Crippen molar-refractivity contribution in [3.8, 4) is 0 Å². The minimum Gasteiger partial charge on any atom is -0.480 e. The Kier molecular flexibility index (Phi) is 5.62. The van der Waals surface area contributed by atoms with Gasteiger partial charge in [0.05, 0.1) is 6.04 Å². The van der Waals surface area contributed by atoms with Crippen molar-refractivity contribution in [2.24, 2.45) is 11.7 Å². The predicted molar refractivity (Wildman–Crippen MR) is 57.2 cm³/mol. The average Bonchev–Trinajstić information content (AvgIpc) is 2.12. The molecule has 0 bridgehead atoms. The highest BCUT2D eigenvalue weighted by Crippen LogP contribution is 2.02. The highest BCUT2D eigenvalue weighted by molar-refractivity contribution is 5.86. The van der Waals surface area contributed by atoms with Crippen molar-refractivity contribution in [3.05, 3.63) is 12.7 Å². The van der Waals surface area contributed by atoms with E-state index < -0.39 is 24.0 Å². The molecule has 0 aromatic carbocycles. The first-order chi connectivity index (χ1) is 6.90. The first-order valence-corrected chi connectivity index (χ1v) is 4.79. The fourth-order valence-corrected chi connectivity index (χ4v) is 1.06. The van der Waals surface area contributed by atoms with Crippen molar-refractivity contribution in [1.29, 1.82) is 0 Å². The fraction of sp³-hybridized carbons (Fsp3) is 0.600. The minimum absolute atomic E-state index is 0.178. The fourth-order valence-electron chi connectivity index (χ4n) is 1.06. The molecule has 0 aliphatic rings. The number of rotatable bonds is 6. The summed E-state index contributed by atoms with van der Waals surface area (Å²) in [5.74, 6) is -1.69. The first-order valence-electron chi connectivity index (χ1n) is 4.79. The quantitative estimate of drug-likeness (QED) is 0.547. The molecule has 0 rings (SSSR count). The van der Waals surface area contributed by atoms with Gasteiger partial charge in [0, 0.05) is 0 Å². The van der Waals surface area contributed by atoms with Crippen molar-refractivity contribution in [2.45, 2.75) is 32.4 Å². The second-order valence-electron chi connectivity index (χ2n) is 3.70. The van der Waals surface area contributed by atoms with Crippen LogP contribution in [0.1, 0.15) is 20.3 Å². The first kappa shape index (κ1) is 13.6. The minimum atomic E-state index is -1.05. The second-order valence-corrected chi connectivity index (χ2v) is 3.70. The Labute approximate surface area is 89.3 Å². The standard InChI is InChI=1S/C10H18N2O3/c1-4-5-7(11)9(13)12-8(6(2)3)10(14)15/h4,6-8H,1,5,11H2,2-3H3,(H,12,13)(H,14,15)/t7?,8-/m1/s1. The summed E-state index contributed by atoms with van der Waals surface area (Å²) in [7, 11) is 0. The topological polar surface area (TPSA) is 92.4 Å².